The van der Waals surface area contributed by atoms with Gasteiger partial charge in [-0.25, -0.2) is 0 Å². The lowest BCUT2D eigenvalue weighted by Crippen LogP contribution is -2.37. The highest BCUT2D eigenvalue weighted by molar-refractivity contribution is 6.32. The van der Waals surface area contributed by atoms with Gasteiger partial charge in [-0.3, -0.25) is 4.79 Å². The molecule has 0 unspecified atom stereocenters. The topological polar surface area (TPSA) is 38.3 Å². The zero-order chi connectivity index (χ0) is 16.8. The first-order valence-corrected chi connectivity index (χ1v) is 8.10. The predicted molar refractivity (Wildman–Crippen MR) is 94.2 cm³/mol. The Morgan fingerprint density at radius 2 is 1.78 bits per heavy atom. The van der Waals surface area contributed by atoms with E-state index in [1.54, 1.807) is 6.92 Å². The van der Waals surface area contributed by atoms with E-state index in [2.05, 4.69) is 5.32 Å². The van der Waals surface area contributed by atoms with Gasteiger partial charge in [0.25, 0.3) is 5.91 Å². The van der Waals surface area contributed by atoms with E-state index in [1.807, 2.05) is 56.3 Å². The summed E-state index contributed by atoms with van der Waals surface area (Å²) >= 11 is 6.14. The van der Waals surface area contributed by atoms with Crippen LogP contribution in [0.4, 0.5) is 0 Å². The van der Waals surface area contributed by atoms with Crippen molar-refractivity contribution in [2.24, 2.45) is 0 Å². The first-order chi connectivity index (χ1) is 11.0. The molecule has 1 atom stereocenters. The molecule has 1 N–H and O–H groups in total. The third kappa shape index (κ3) is 5.00. The highest BCUT2D eigenvalue weighted by Gasteiger charge is 2.15. The largest absolute Gasteiger partial charge is 0.481 e. The summed E-state index contributed by atoms with van der Waals surface area (Å²) < 4.78 is 5.72. The van der Waals surface area contributed by atoms with E-state index in [0.29, 0.717) is 12.3 Å². The summed E-state index contributed by atoms with van der Waals surface area (Å²) in [7, 11) is 0. The molecule has 0 heterocycles. The Bertz CT molecular complexity index is 647. The van der Waals surface area contributed by atoms with E-state index in [4.69, 9.17) is 16.3 Å². The van der Waals surface area contributed by atoms with Gasteiger partial charge in [-0.1, -0.05) is 41.9 Å². The molecule has 122 valence electrons. The zero-order valence-electron chi connectivity index (χ0n) is 13.7. The molecule has 0 aliphatic heterocycles. The van der Waals surface area contributed by atoms with Crippen LogP contribution < -0.4 is 10.1 Å². The number of carbonyl (C=O) groups is 1. The highest BCUT2D eigenvalue weighted by atomic mass is 35.5. The van der Waals surface area contributed by atoms with Crippen molar-refractivity contribution in [1.29, 1.82) is 0 Å². The van der Waals surface area contributed by atoms with Gasteiger partial charge in [-0.15, -0.1) is 0 Å². The number of hydrogen-bond donors (Lipinski definition) is 1. The fourth-order valence-corrected chi connectivity index (χ4v) is 2.46. The van der Waals surface area contributed by atoms with Gasteiger partial charge in [0.2, 0.25) is 0 Å². The standard InChI is InChI=1S/C19H22ClNO2/c1-13-11-17(12-14(2)18(13)20)23-15(3)19(22)21-10-9-16-7-5-4-6-8-16/h4-8,11-12,15H,9-10H2,1-3H3,(H,21,22)/t15-/m0/s1. The molecular formula is C19H22ClNO2. The summed E-state index contributed by atoms with van der Waals surface area (Å²) in [6.07, 6.45) is 0.254. The lowest BCUT2D eigenvalue weighted by atomic mass is 10.1. The van der Waals surface area contributed by atoms with Crippen molar-refractivity contribution in [3.05, 3.63) is 64.2 Å². The minimum absolute atomic E-state index is 0.119. The number of rotatable bonds is 6. The van der Waals surface area contributed by atoms with Crippen LogP contribution in [0.25, 0.3) is 0 Å². The molecule has 4 heteroatoms. The Kier molecular flexibility index (Phi) is 6.05. The fraction of sp³-hybridized carbons (Fsp3) is 0.316. The van der Waals surface area contributed by atoms with Crippen molar-refractivity contribution in [3.8, 4) is 5.75 Å². The molecule has 0 fully saturated rings. The summed E-state index contributed by atoms with van der Waals surface area (Å²) in [5, 5.41) is 3.64. The van der Waals surface area contributed by atoms with Gasteiger partial charge < -0.3 is 10.1 Å². The Balaban J connectivity index is 1.85. The number of nitrogens with one attached hydrogen (secondary N) is 1. The smallest absolute Gasteiger partial charge is 0.260 e. The summed E-state index contributed by atoms with van der Waals surface area (Å²) in [5.41, 5.74) is 3.09. The number of amides is 1. The summed E-state index contributed by atoms with van der Waals surface area (Å²) in [5.74, 6) is 0.543. The van der Waals surface area contributed by atoms with Gasteiger partial charge in [-0.05, 0) is 56.0 Å². The van der Waals surface area contributed by atoms with Crippen LogP contribution in [0.2, 0.25) is 5.02 Å². The quantitative estimate of drug-likeness (QED) is 0.866. The molecule has 0 spiro atoms. The van der Waals surface area contributed by atoms with Crippen molar-refractivity contribution >= 4 is 17.5 Å². The Hall–Kier alpha value is -2.00. The molecule has 0 aromatic heterocycles. The van der Waals surface area contributed by atoms with Crippen LogP contribution in [0.15, 0.2) is 42.5 Å². The normalized spacial score (nSPS) is 11.8. The second-order valence-electron chi connectivity index (χ2n) is 5.66. The average Bonchev–Trinajstić information content (AvgIpc) is 2.53. The van der Waals surface area contributed by atoms with Crippen LogP contribution in [-0.2, 0) is 11.2 Å². The van der Waals surface area contributed by atoms with Crippen LogP contribution in [-0.4, -0.2) is 18.6 Å². The van der Waals surface area contributed by atoms with Gasteiger partial charge in [0, 0.05) is 11.6 Å². The van der Waals surface area contributed by atoms with E-state index in [-0.39, 0.29) is 5.91 Å². The van der Waals surface area contributed by atoms with E-state index < -0.39 is 6.10 Å². The average molecular weight is 332 g/mol. The van der Waals surface area contributed by atoms with Crippen molar-refractivity contribution in [1.82, 2.24) is 5.32 Å². The number of ether oxygens (including phenoxy) is 1. The van der Waals surface area contributed by atoms with E-state index >= 15 is 0 Å². The van der Waals surface area contributed by atoms with Crippen molar-refractivity contribution in [3.63, 3.8) is 0 Å². The minimum atomic E-state index is -0.550. The van der Waals surface area contributed by atoms with Gasteiger partial charge in [0.15, 0.2) is 6.10 Å². The Morgan fingerprint density at radius 3 is 2.39 bits per heavy atom. The molecule has 3 nitrogen and oxygen atoms in total. The molecule has 2 aromatic carbocycles. The molecular weight excluding hydrogens is 310 g/mol. The lowest BCUT2D eigenvalue weighted by molar-refractivity contribution is -0.127. The van der Waals surface area contributed by atoms with Gasteiger partial charge in [0.1, 0.15) is 5.75 Å². The molecule has 0 aliphatic rings. The monoisotopic (exact) mass is 331 g/mol. The van der Waals surface area contributed by atoms with Crippen LogP contribution in [0.1, 0.15) is 23.6 Å². The van der Waals surface area contributed by atoms with Gasteiger partial charge in [0.05, 0.1) is 0 Å². The maximum Gasteiger partial charge on any atom is 0.260 e. The molecule has 2 rings (SSSR count). The van der Waals surface area contributed by atoms with Crippen LogP contribution in [0.5, 0.6) is 5.75 Å². The van der Waals surface area contributed by atoms with Gasteiger partial charge >= 0.3 is 0 Å². The number of aryl methyl sites for hydroxylation is 2. The van der Waals surface area contributed by atoms with Crippen molar-refractivity contribution in [2.45, 2.75) is 33.3 Å². The minimum Gasteiger partial charge on any atom is -0.481 e. The number of carbonyl (C=O) groups excluding carboxylic acids is 1. The van der Waals surface area contributed by atoms with Crippen LogP contribution >= 0.6 is 11.6 Å². The van der Waals surface area contributed by atoms with Crippen LogP contribution in [0.3, 0.4) is 0 Å². The maximum atomic E-state index is 12.1. The summed E-state index contributed by atoms with van der Waals surface area (Å²) in [6, 6.07) is 13.8. The first kappa shape index (κ1) is 17.4. The molecule has 0 radical (unpaired) electrons. The third-order valence-electron chi connectivity index (χ3n) is 3.65. The number of hydrogen-bond acceptors (Lipinski definition) is 2. The van der Waals surface area contributed by atoms with Crippen molar-refractivity contribution in [2.75, 3.05) is 6.54 Å². The zero-order valence-corrected chi connectivity index (χ0v) is 14.5. The van der Waals surface area contributed by atoms with Crippen LogP contribution in [0, 0.1) is 13.8 Å². The fourth-order valence-electron chi connectivity index (χ4n) is 2.35. The molecule has 0 saturated carbocycles. The second kappa shape index (κ2) is 8.02. The summed E-state index contributed by atoms with van der Waals surface area (Å²) in [6.45, 7) is 6.19. The molecule has 2 aromatic rings. The molecule has 0 bridgehead atoms. The predicted octanol–water partition coefficient (Wildman–Crippen LogP) is 4.08. The maximum absolute atomic E-state index is 12.1. The first-order valence-electron chi connectivity index (χ1n) is 7.72. The highest BCUT2D eigenvalue weighted by Crippen LogP contribution is 2.26. The van der Waals surface area contributed by atoms with E-state index in [1.165, 1.54) is 5.56 Å². The summed E-state index contributed by atoms with van der Waals surface area (Å²) in [4.78, 5) is 12.1. The molecule has 0 aliphatic carbocycles. The lowest BCUT2D eigenvalue weighted by Gasteiger charge is -2.16. The SMILES string of the molecule is Cc1cc(O[C@@H](C)C(=O)NCCc2ccccc2)cc(C)c1Cl. The van der Waals surface area contributed by atoms with E-state index in [0.717, 1.165) is 22.6 Å². The Morgan fingerprint density at radius 1 is 1.17 bits per heavy atom. The molecule has 23 heavy (non-hydrogen) atoms. The second-order valence-corrected chi connectivity index (χ2v) is 6.04. The number of halogens is 1. The molecule has 1 amide bonds. The molecule has 0 saturated heterocycles. The third-order valence-corrected chi connectivity index (χ3v) is 4.24. The number of benzene rings is 2. The van der Waals surface area contributed by atoms with Gasteiger partial charge in [-0.2, -0.15) is 0 Å². The van der Waals surface area contributed by atoms with E-state index in [9.17, 15) is 4.79 Å². The Labute approximate surface area is 142 Å². The van der Waals surface area contributed by atoms with Crippen molar-refractivity contribution < 1.29 is 9.53 Å².